The smallest absolute Gasteiger partial charge is 0.310 e. The Hall–Kier alpha value is -0.570. The summed E-state index contributed by atoms with van der Waals surface area (Å²) in [6.07, 6.45) is 2.69. The van der Waals surface area contributed by atoms with E-state index in [1.807, 2.05) is 0 Å². The molecule has 0 spiro atoms. The Balaban J connectivity index is 1.85. The Morgan fingerprint density at radius 2 is 2.11 bits per heavy atom. The second-order valence-electron chi connectivity index (χ2n) is 7.88. The number of fused-ring (bicyclic) bond motifs is 4. The number of rotatable bonds is 1. The van der Waals surface area contributed by atoms with Crippen LogP contribution in [0.25, 0.3) is 0 Å². The van der Waals surface area contributed by atoms with E-state index >= 15 is 0 Å². The number of likely N-dealkylation sites (tertiary alicyclic amines) is 1. The van der Waals surface area contributed by atoms with Crippen LogP contribution in [0.5, 0.6) is 0 Å². The largest absolute Gasteiger partial charge is 0.460 e. The molecular formula is C16H25NO2. The number of carbonyl (C=O) groups is 1. The van der Waals surface area contributed by atoms with Crippen molar-refractivity contribution in [3.8, 4) is 0 Å². The quantitative estimate of drug-likeness (QED) is 0.679. The van der Waals surface area contributed by atoms with Gasteiger partial charge in [-0.05, 0) is 43.1 Å². The summed E-state index contributed by atoms with van der Waals surface area (Å²) in [4.78, 5) is 14.9. The van der Waals surface area contributed by atoms with E-state index in [0.29, 0.717) is 29.2 Å². The van der Waals surface area contributed by atoms with Gasteiger partial charge in [0.15, 0.2) is 0 Å². The molecule has 0 amide bonds. The summed E-state index contributed by atoms with van der Waals surface area (Å²) in [5.74, 6) is 2.61. The maximum absolute atomic E-state index is 12.4. The van der Waals surface area contributed by atoms with Crippen molar-refractivity contribution < 1.29 is 9.53 Å². The second-order valence-corrected chi connectivity index (χ2v) is 7.88. The highest BCUT2D eigenvalue weighted by molar-refractivity contribution is 5.77. The fourth-order valence-corrected chi connectivity index (χ4v) is 6.32. The Kier molecular flexibility index (Phi) is 2.27. The number of ether oxygens (including phenoxy) is 1. The van der Waals surface area contributed by atoms with E-state index in [1.54, 1.807) is 0 Å². The molecule has 3 heteroatoms. The first-order valence-corrected chi connectivity index (χ1v) is 7.87. The average Bonchev–Trinajstić information content (AvgIpc) is 2.86. The first-order valence-electron chi connectivity index (χ1n) is 7.87. The molecule has 2 aliphatic heterocycles. The van der Waals surface area contributed by atoms with E-state index in [2.05, 4.69) is 32.7 Å². The fraction of sp³-hybridized carbons (Fsp3) is 0.938. The predicted octanol–water partition coefficient (Wildman–Crippen LogP) is 2.16. The van der Waals surface area contributed by atoms with E-state index in [9.17, 15) is 4.79 Å². The number of esters is 1. The molecule has 4 fully saturated rings. The summed E-state index contributed by atoms with van der Waals surface area (Å²) in [6, 6.07) is 0.458. The van der Waals surface area contributed by atoms with E-state index in [-0.39, 0.29) is 18.0 Å². The molecule has 0 N–H and O–H groups in total. The summed E-state index contributed by atoms with van der Waals surface area (Å²) in [5, 5.41) is 0. The molecule has 0 aromatic carbocycles. The van der Waals surface area contributed by atoms with E-state index in [0.717, 1.165) is 5.92 Å². The van der Waals surface area contributed by atoms with Gasteiger partial charge in [-0.2, -0.15) is 0 Å². The summed E-state index contributed by atoms with van der Waals surface area (Å²) >= 11 is 0. The Morgan fingerprint density at radius 1 is 1.37 bits per heavy atom. The van der Waals surface area contributed by atoms with Gasteiger partial charge in [0.25, 0.3) is 0 Å². The van der Waals surface area contributed by atoms with Gasteiger partial charge in [0, 0.05) is 12.5 Å². The van der Waals surface area contributed by atoms with Gasteiger partial charge in [0.05, 0.1) is 12.0 Å². The Morgan fingerprint density at radius 3 is 2.79 bits per heavy atom. The molecule has 19 heavy (non-hydrogen) atoms. The van der Waals surface area contributed by atoms with Gasteiger partial charge < -0.3 is 4.74 Å². The molecule has 0 aromatic rings. The molecule has 2 saturated heterocycles. The maximum Gasteiger partial charge on any atom is 0.310 e. The molecule has 2 aliphatic carbocycles. The molecule has 7 atom stereocenters. The van der Waals surface area contributed by atoms with Crippen molar-refractivity contribution in [1.29, 1.82) is 0 Å². The van der Waals surface area contributed by atoms with Crippen LogP contribution in [0.3, 0.4) is 0 Å². The molecule has 1 unspecified atom stereocenters. The summed E-state index contributed by atoms with van der Waals surface area (Å²) in [6.45, 7) is 8.17. The third-order valence-electron chi connectivity index (χ3n) is 6.96. The van der Waals surface area contributed by atoms with Gasteiger partial charge in [0.2, 0.25) is 0 Å². The van der Waals surface area contributed by atoms with Crippen LogP contribution in [-0.4, -0.2) is 36.6 Å². The minimum Gasteiger partial charge on any atom is -0.460 e. The molecule has 3 nitrogen and oxygen atoms in total. The zero-order valence-corrected chi connectivity index (χ0v) is 12.4. The molecule has 0 aromatic heterocycles. The Bertz CT molecular complexity index is 434. The average molecular weight is 263 g/mol. The van der Waals surface area contributed by atoms with Gasteiger partial charge in [-0.1, -0.05) is 20.8 Å². The topological polar surface area (TPSA) is 29.5 Å². The van der Waals surface area contributed by atoms with Crippen molar-refractivity contribution in [2.75, 3.05) is 13.6 Å². The van der Waals surface area contributed by atoms with Gasteiger partial charge in [-0.3, -0.25) is 9.69 Å². The number of nitrogens with zero attached hydrogens (tertiary/aromatic N) is 1. The standard InChI is InChI=1S/C16H25NO2/c1-8(2)11-12-10-6-5-9-7-17(4)14(16(9,10)3)13(11)19-15(12)18/h8-14H,5-7H2,1-4H3/t9-,10+,11+,12-,13-,14-,16?/m1/s1. The predicted molar refractivity (Wildman–Crippen MR) is 72.4 cm³/mol. The minimum absolute atomic E-state index is 0.110. The SMILES string of the molecule is CC(C)[C@@H]1[C@H]2OC(=O)[C@@H]1[C@@H]1CC[C@@H]3CN(C)[C@H]2C31C. The summed E-state index contributed by atoms with van der Waals surface area (Å²) < 4.78 is 5.88. The van der Waals surface area contributed by atoms with Crippen molar-refractivity contribution in [2.24, 2.45) is 35.0 Å². The number of hydrogen-bond donors (Lipinski definition) is 0. The lowest BCUT2D eigenvalue weighted by atomic mass is 9.55. The van der Waals surface area contributed by atoms with Crippen LogP contribution < -0.4 is 0 Å². The number of likely N-dealkylation sites (N-methyl/N-ethyl adjacent to an activating group) is 1. The normalized spacial score (nSPS) is 55.7. The van der Waals surface area contributed by atoms with Crippen LogP contribution in [0, 0.1) is 35.0 Å². The van der Waals surface area contributed by atoms with Crippen molar-refractivity contribution in [3.05, 3.63) is 0 Å². The van der Waals surface area contributed by atoms with E-state index < -0.39 is 0 Å². The van der Waals surface area contributed by atoms with Crippen LogP contribution in [-0.2, 0) is 9.53 Å². The zero-order valence-electron chi connectivity index (χ0n) is 12.4. The van der Waals surface area contributed by atoms with Crippen LogP contribution in [0.4, 0.5) is 0 Å². The molecule has 0 radical (unpaired) electrons. The minimum atomic E-state index is 0.110. The lowest BCUT2D eigenvalue weighted by Crippen LogP contribution is -2.57. The highest BCUT2D eigenvalue weighted by Gasteiger charge is 2.71. The van der Waals surface area contributed by atoms with Gasteiger partial charge >= 0.3 is 5.97 Å². The third-order valence-corrected chi connectivity index (χ3v) is 6.96. The monoisotopic (exact) mass is 263 g/mol. The molecule has 2 saturated carbocycles. The van der Waals surface area contributed by atoms with Crippen molar-refractivity contribution >= 4 is 5.97 Å². The lowest BCUT2D eigenvalue weighted by Gasteiger charge is -2.49. The molecule has 4 aliphatic rings. The number of hydrogen-bond acceptors (Lipinski definition) is 3. The second kappa shape index (κ2) is 3.55. The van der Waals surface area contributed by atoms with Crippen LogP contribution in [0.1, 0.15) is 33.6 Å². The molecule has 2 heterocycles. The van der Waals surface area contributed by atoms with Crippen molar-refractivity contribution in [3.63, 3.8) is 0 Å². The van der Waals surface area contributed by atoms with E-state index in [1.165, 1.54) is 19.4 Å². The molecule has 2 bridgehead atoms. The first kappa shape index (κ1) is 12.2. The Labute approximate surface area is 115 Å². The highest BCUT2D eigenvalue weighted by atomic mass is 16.6. The maximum atomic E-state index is 12.4. The van der Waals surface area contributed by atoms with Gasteiger partial charge in [-0.15, -0.1) is 0 Å². The first-order chi connectivity index (χ1) is 8.96. The van der Waals surface area contributed by atoms with Crippen LogP contribution in [0.15, 0.2) is 0 Å². The molecular weight excluding hydrogens is 238 g/mol. The zero-order chi connectivity index (χ0) is 13.5. The fourth-order valence-electron chi connectivity index (χ4n) is 6.32. The van der Waals surface area contributed by atoms with Gasteiger partial charge in [0.1, 0.15) is 6.10 Å². The lowest BCUT2D eigenvalue weighted by molar-refractivity contribution is -0.145. The number of carbonyl (C=O) groups excluding carboxylic acids is 1. The summed E-state index contributed by atoms with van der Waals surface area (Å²) in [5.41, 5.74) is 0.321. The molecule has 4 rings (SSSR count). The van der Waals surface area contributed by atoms with Crippen molar-refractivity contribution in [1.82, 2.24) is 4.90 Å². The van der Waals surface area contributed by atoms with Gasteiger partial charge in [-0.25, -0.2) is 0 Å². The highest BCUT2D eigenvalue weighted by Crippen LogP contribution is 2.66. The third kappa shape index (κ3) is 1.22. The van der Waals surface area contributed by atoms with E-state index in [4.69, 9.17) is 4.74 Å². The molecule has 106 valence electrons. The van der Waals surface area contributed by atoms with Crippen LogP contribution >= 0.6 is 0 Å². The summed E-state index contributed by atoms with van der Waals surface area (Å²) in [7, 11) is 2.23. The van der Waals surface area contributed by atoms with Crippen LogP contribution in [0.2, 0.25) is 0 Å². The van der Waals surface area contributed by atoms with Crippen molar-refractivity contribution in [2.45, 2.75) is 45.8 Å².